The summed E-state index contributed by atoms with van der Waals surface area (Å²) in [5.74, 6) is -1.61. The fourth-order valence-electron chi connectivity index (χ4n) is 1.57. The summed E-state index contributed by atoms with van der Waals surface area (Å²) in [6.07, 6.45) is -0.128. The minimum absolute atomic E-state index is 0.0313. The van der Waals surface area contributed by atoms with Gasteiger partial charge in [-0.3, -0.25) is 14.1 Å². The summed E-state index contributed by atoms with van der Waals surface area (Å²) in [5.41, 5.74) is 5.57. The summed E-state index contributed by atoms with van der Waals surface area (Å²) >= 11 is 0. The molecule has 1 unspecified atom stereocenters. The first-order valence-corrected chi connectivity index (χ1v) is 7.39. The normalized spacial score (nSPS) is 12.7. The molecule has 0 saturated carbocycles. The first kappa shape index (κ1) is 17.1. The van der Waals surface area contributed by atoms with Gasteiger partial charge in [-0.2, -0.15) is 8.42 Å². The van der Waals surface area contributed by atoms with Gasteiger partial charge in [0.1, 0.15) is 6.04 Å². The van der Waals surface area contributed by atoms with Crippen molar-refractivity contribution in [2.75, 3.05) is 11.9 Å². The molecule has 0 aliphatic heterocycles. The molecule has 0 bridgehead atoms. The van der Waals surface area contributed by atoms with Crippen LogP contribution in [0.1, 0.15) is 12.8 Å². The molecule has 1 rings (SSSR count). The van der Waals surface area contributed by atoms with Crippen LogP contribution in [-0.2, 0) is 19.7 Å². The van der Waals surface area contributed by atoms with Crippen LogP contribution in [0, 0.1) is 0 Å². The van der Waals surface area contributed by atoms with E-state index in [2.05, 4.69) is 0 Å². The maximum atomic E-state index is 11.9. The lowest BCUT2D eigenvalue weighted by Gasteiger charge is -2.18. The Balaban J connectivity index is 2.81. The third-order valence-corrected chi connectivity index (χ3v) is 3.71. The number of carboxylic acids is 1. The lowest BCUT2D eigenvalue weighted by atomic mass is 10.1. The molecule has 1 atom stereocenters. The molecular weight excluding hydrogens is 300 g/mol. The highest BCUT2D eigenvalue weighted by atomic mass is 32.2. The van der Waals surface area contributed by atoms with Gasteiger partial charge in [0.05, 0.1) is 4.90 Å². The number of carbonyl (C=O) groups is 2. The van der Waals surface area contributed by atoms with E-state index in [9.17, 15) is 18.0 Å². The molecule has 0 fully saturated rings. The number of hydrogen-bond donors (Lipinski definition) is 3. The van der Waals surface area contributed by atoms with Crippen LogP contribution in [0.3, 0.4) is 0 Å². The second kappa shape index (κ2) is 6.66. The number of carbonyl (C=O) groups excluding carboxylic acids is 1. The predicted octanol–water partition coefficient (Wildman–Crippen LogP) is 0.0882. The minimum atomic E-state index is -4.36. The number of aliphatic carboxylic acids is 1. The van der Waals surface area contributed by atoms with E-state index in [1.807, 2.05) is 0 Å². The highest BCUT2D eigenvalue weighted by molar-refractivity contribution is 7.85. The third-order valence-electron chi connectivity index (χ3n) is 2.86. The molecule has 4 N–H and O–H groups in total. The summed E-state index contributed by atoms with van der Waals surface area (Å²) in [6.45, 7) is 0. The third kappa shape index (κ3) is 4.81. The number of rotatable bonds is 6. The van der Waals surface area contributed by atoms with Crippen LogP contribution in [0.4, 0.5) is 5.69 Å². The van der Waals surface area contributed by atoms with Crippen LogP contribution in [0.5, 0.6) is 0 Å². The monoisotopic (exact) mass is 316 g/mol. The van der Waals surface area contributed by atoms with Gasteiger partial charge in [0, 0.05) is 19.2 Å². The van der Waals surface area contributed by atoms with E-state index in [1.54, 1.807) is 0 Å². The van der Waals surface area contributed by atoms with E-state index in [0.29, 0.717) is 0 Å². The Morgan fingerprint density at radius 3 is 2.52 bits per heavy atom. The first-order chi connectivity index (χ1) is 9.62. The molecule has 0 radical (unpaired) electrons. The summed E-state index contributed by atoms with van der Waals surface area (Å²) in [6, 6.07) is 4.07. The fourth-order valence-corrected chi connectivity index (χ4v) is 2.09. The van der Waals surface area contributed by atoms with Gasteiger partial charge in [0.2, 0.25) is 5.91 Å². The summed E-state index contributed by atoms with van der Waals surface area (Å²) in [4.78, 5) is 23.3. The lowest BCUT2D eigenvalue weighted by molar-refractivity contribution is -0.138. The van der Waals surface area contributed by atoms with Crippen LogP contribution in [0.2, 0.25) is 0 Å². The Bertz CT molecular complexity index is 643. The van der Waals surface area contributed by atoms with Gasteiger partial charge in [-0.05, 0) is 24.6 Å². The quantitative estimate of drug-likeness (QED) is 0.632. The van der Waals surface area contributed by atoms with Crippen LogP contribution in [0.15, 0.2) is 29.2 Å². The maximum absolute atomic E-state index is 11.9. The summed E-state index contributed by atoms with van der Waals surface area (Å²) in [7, 11) is -2.94. The van der Waals surface area contributed by atoms with Crippen molar-refractivity contribution < 1.29 is 27.7 Å². The highest BCUT2D eigenvalue weighted by Gasteiger charge is 2.18. The Morgan fingerprint density at radius 2 is 2.00 bits per heavy atom. The van der Waals surface area contributed by atoms with E-state index in [-0.39, 0.29) is 23.4 Å². The van der Waals surface area contributed by atoms with Crippen LogP contribution < -0.4 is 10.6 Å². The van der Waals surface area contributed by atoms with Crippen LogP contribution in [-0.4, -0.2) is 43.0 Å². The second-order valence-electron chi connectivity index (χ2n) is 4.41. The Kier molecular flexibility index (Phi) is 5.41. The van der Waals surface area contributed by atoms with Crippen LogP contribution >= 0.6 is 0 Å². The van der Waals surface area contributed by atoms with Gasteiger partial charge in [0.15, 0.2) is 0 Å². The molecule has 1 aromatic rings. The van der Waals surface area contributed by atoms with Crippen molar-refractivity contribution in [1.82, 2.24) is 0 Å². The first-order valence-electron chi connectivity index (χ1n) is 5.95. The largest absolute Gasteiger partial charge is 0.480 e. The van der Waals surface area contributed by atoms with E-state index in [0.717, 1.165) is 6.07 Å². The SMILES string of the molecule is CN(C(=O)CCC(N)C(=O)O)c1cccc(S(=O)(=O)O)c1. The molecule has 9 heteroatoms. The van der Waals surface area contributed by atoms with Gasteiger partial charge in [-0.1, -0.05) is 6.07 Å². The Morgan fingerprint density at radius 1 is 1.38 bits per heavy atom. The van der Waals surface area contributed by atoms with Crippen molar-refractivity contribution >= 4 is 27.7 Å². The van der Waals surface area contributed by atoms with Gasteiger partial charge in [0.25, 0.3) is 10.1 Å². The van der Waals surface area contributed by atoms with Crippen molar-refractivity contribution in [3.05, 3.63) is 24.3 Å². The zero-order valence-electron chi connectivity index (χ0n) is 11.3. The zero-order chi connectivity index (χ0) is 16.2. The summed E-state index contributed by atoms with van der Waals surface area (Å²) in [5, 5.41) is 8.63. The van der Waals surface area contributed by atoms with Gasteiger partial charge in [-0.25, -0.2) is 0 Å². The highest BCUT2D eigenvalue weighted by Crippen LogP contribution is 2.19. The van der Waals surface area contributed by atoms with Crippen molar-refractivity contribution in [3.63, 3.8) is 0 Å². The molecule has 21 heavy (non-hydrogen) atoms. The van der Waals surface area contributed by atoms with E-state index < -0.39 is 28.0 Å². The predicted molar refractivity (Wildman–Crippen MR) is 74.5 cm³/mol. The molecular formula is C12H16N2O6S. The molecule has 0 spiro atoms. The van der Waals surface area contributed by atoms with E-state index >= 15 is 0 Å². The minimum Gasteiger partial charge on any atom is -0.480 e. The molecule has 0 aromatic heterocycles. The Hall–Kier alpha value is -1.97. The number of amides is 1. The molecule has 1 amide bonds. The lowest BCUT2D eigenvalue weighted by Crippen LogP contribution is -2.33. The average Bonchev–Trinajstić information content (AvgIpc) is 2.42. The number of carboxylic acid groups (broad SMARTS) is 1. The van der Waals surface area contributed by atoms with E-state index in [1.165, 1.54) is 30.1 Å². The second-order valence-corrected chi connectivity index (χ2v) is 5.83. The smallest absolute Gasteiger partial charge is 0.320 e. The maximum Gasteiger partial charge on any atom is 0.320 e. The number of benzene rings is 1. The number of anilines is 1. The van der Waals surface area contributed by atoms with Gasteiger partial charge in [-0.15, -0.1) is 0 Å². The molecule has 0 saturated heterocycles. The molecule has 0 heterocycles. The fraction of sp³-hybridized carbons (Fsp3) is 0.333. The van der Waals surface area contributed by atoms with E-state index in [4.69, 9.17) is 15.4 Å². The van der Waals surface area contributed by atoms with Gasteiger partial charge < -0.3 is 15.7 Å². The molecule has 8 nitrogen and oxygen atoms in total. The van der Waals surface area contributed by atoms with Crippen molar-refractivity contribution in [3.8, 4) is 0 Å². The van der Waals surface area contributed by atoms with Crippen molar-refractivity contribution in [1.29, 1.82) is 0 Å². The number of nitrogens with two attached hydrogens (primary N) is 1. The standard InChI is InChI=1S/C12H16N2O6S/c1-14(11(15)6-5-10(13)12(16)17)8-3-2-4-9(7-8)21(18,19)20/h2-4,7,10H,5-6,13H2,1H3,(H,16,17)(H,18,19,20). The molecule has 0 aliphatic carbocycles. The Labute approximate surface area is 121 Å². The van der Waals surface area contributed by atoms with Gasteiger partial charge >= 0.3 is 5.97 Å². The average molecular weight is 316 g/mol. The topological polar surface area (TPSA) is 138 Å². The van der Waals surface area contributed by atoms with Crippen LogP contribution in [0.25, 0.3) is 0 Å². The van der Waals surface area contributed by atoms with Crippen molar-refractivity contribution in [2.24, 2.45) is 5.73 Å². The summed E-state index contributed by atoms with van der Waals surface area (Å²) < 4.78 is 31.0. The molecule has 0 aliphatic rings. The molecule has 1 aromatic carbocycles. The van der Waals surface area contributed by atoms with Crippen molar-refractivity contribution in [2.45, 2.75) is 23.8 Å². The zero-order valence-corrected chi connectivity index (χ0v) is 12.1. The number of nitrogens with zero attached hydrogens (tertiary/aromatic N) is 1. The number of hydrogen-bond acceptors (Lipinski definition) is 5. The molecule has 116 valence electrons.